The summed E-state index contributed by atoms with van der Waals surface area (Å²) in [6.45, 7) is 7.30. The summed E-state index contributed by atoms with van der Waals surface area (Å²) in [7, 11) is 0. The Morgan fingerprint density at radius 1 is 1.14 bits per heavy atom. The van der Waals surface area contributed by atoms with Gasteiger partial charge in [0.2, 0.25) is 5.88 Å². The first kappa shape index (κ1) is 21.9. The van der Waals surface area contributed by atoms with E-state index < -0.39 is 30.2 Å². The molecule has 2 rings (SSSR count). The summed E-state index contributed by atoms with van der Waals surface area (Å²) >= 11 is 0. The highest BCUT2D eigenvalue weighted by atomic mass is 16.5. The monoisotopic (exact) mass is 405 g/mol. The topological polar surface area (TPSA) is 130 Å². The second-order valence-corrected chi connectivity index (χ2v) is 6.31. The van der Waals surface area contributed by atoms with Crippen LogP contribution in [0.15, 0.2) is 10.5 Å². The molecule has 1 N–H and O–H groups in total. The van der Waals surface area contributed by atoms with E-state index in [1.54, 1.807) is 20.8 Å². The van der Waals surface area contributed by atoms with E-state index in [4.69, 9.17) is 13.9 Å². The van der Waals surface area contributed by atoms with Gasteiger partial charge < -0.3 is 13.9 Å². The Labute approximate surface area is 167 Å². The van der Waals surface area contributed by atoms with Gasteiger partial charge in [0, 0.05) is 5.69 Å². The third-order valence-electron chi connectivity index (χ3n) is 3.92. The lowest BCUT2D eigenvalue weighted by Crippen LogP contribution is -2.24. The Balaban J connectivity index is 2.05. The molecule has 1 amide bonds. The fourth-order valence-corrected chi connectivity index (χ4v) is 2.77. The molecule has 0 fully saturated rings. The van der Waals surface area contributed by atoms with Crippen LogP contribution in [0.3, 0.4) is 0 Å². The Kier molecular flexibility index (Phi) is 6.92. The Morgan fingerprint density at radius 3 is 2.38 bits per heavy atom. The van der Waals surface area contributed by atoms with Gasteiger partial charge in [0.1, 0.15) is 17.9 Å². The number of furan rings is 1. The van der Waals surface area contributed by atoms with Crippen LogP contribution in [0.2, 0.25) is 0 Å². The van der Waals surface area contributed by atoms with Crippen LogP contribution >= 0.6 is 0 Å². The van der Waals surface area contributed by atoms with E-state index in [0.717, 1.165) is 11.4 Å². The van der Waals surface area contributed by atoms with Crippen LogP contribution in [0.1, 0.15) is 51.7 Å². The molecule has 2 aromatic rings. The summed E-state index contributed by atoms with van der Waals surface area (Å²) in [6, 6.07) is 1.81. The van der Waals surface area contributed by atoms with E-state index >= 15 is 0 Å². The summed E-state index contributed by atoms with van der Waals surface area (Å²) in [5.74, 6) is -2.67. The largest absolute Gasteiger partial charge is 0.462 e. The third kappa shape index (κ3) is 5.31. The number of ketones is 1. The normalized spacial score (nSPS) is 10.5. The van der Waals surface area contributed by atoms with Crippen molar-refractivity contribution < 1.29 is 33.1 Å². The van der Waals surface area contributed by atoms with Gasteiger partial charge in [0.05, 0.1) is 17.9 Å². The van der Waals surface area contributed by atoms with Crippen LogP contribution in [-0.2, 0) is 25.6 Å². The van der Waals surface area contributed by atoms with Crippen LogP contribution in [0, 0.1) is 20.8 Å². The van der Waals surface area contributed by atoms with Crippen molar-refractivity contribution in [2.45, 2.75) is 41.2 Å². The number of aryl methyl sites for hydroxylation is 3. The zero-order valence-electron chi connectivity index (χ0n) is 17.0. The zero-order chi connectivity index (χ0) is 21.7. The lowest BCUT2D eigenvalue weighted by molar-refractivity contribution is -0.148. The van der Waals surface area contributed by atoms with Gasteiger partial charge in [-0.15, -0.1) is 0 Å². The molecule has 29 heavy (non-hydrogen) atoms. The second kappa shape index (κ2) is 9.18. The van der Waals surface area contributed by atoms with Crippen molar-refractivity contribution in [3.05, 3.63) is 34.3 Å². The number of Topliss-reactive ketones (excluding diaryl/α,β-unsaturated/α-hetero) is 1. The number of ether oxygens (including phenoxy) is 2. The minimum Gasteiger partial charge on any atom is -0.462 e. The number of amides is 1. The standard InChI is InChI=1S/C19H23N3O7/c1-6-27-19(26)17-16(12(4)23)13(5)29-18(17)20-14(24)9-28-15(25)8-22-11(3)7-10(2)21-22/h7H,6,8-9H2,1-5H3,(H,20,24). The maximum Gasteiger partial charge on any atom is 0.344 e. The van der Waals surface area contributed by atoms with Crippen molar-refractivity contribution in [1.29, 1.82) is 0 Å². The molecule has 0 aliphatic carbocycles. The molecule has 0 atom stereocenters. The summed E-state index contributed by atoms with van der Waals surface area (Å²) in [5.41, 5.74) is 1.40. The lowest BCUT2D eigenvalue weighted by atomic mass is 10.1. The molecule has 10 heteroatoms. The number of carbonyl (C=O) groups is 4. The predicted octanol–water partition coefficient (Wildman–Crippen LogP) is 1.96. The van der Waals surface area contributed by atoms with Gasteiger partial charge in [0.25, 0.3) is 5.91 Å². The molecule has 0 bridgehead atoms. The molecule has 0 saturated heterocycles. The number of carbonyl (C=O) groups excluding carboxylic acids is 4. The first-order valence-electron chi connectivity index (χ1n) is 8.92. The summed E-state index contributed by atoms with van der Waals surface area (Å²) in [5, 5.41) is 6.48. The number of anilines is 1. The average molecular weight is 405 g/mol. The first-order chi connectivity index (χ1) is 13.6. The van der Waals surface area contributed by atoms with Gasteiger partial charge in [0.15, 0.2) is 12.4 Å². The molecule has 0 aliphatic heterocycles. The summed E-state index contributed by atoms with van der Waals surface area (Å²) in [4.78, 5) is 48.2. The number of nitrogens with zero attached hydrogens (tertiary/aromatic N) is 2. The number of rotatable bonds is 8. The van der Waals surface area contributed by atoms with E-state index in [2.05, 4.69) is 10.4 Å². The molecule has 0 aromatic carbocycles. The van der Waals surface area contributed by atoms with Crippen LogP contribution in [0.25, 0.3) is 0 Å². The van der Waals surface area contributed by atoms with Gasteiger partial charge >= 0.3 is 11.9 Å². The first-order valence-corrected chi connectivity index (χ1v) is 8.92. The highest BCUT2D eigenvalue weighted by molar-refractivity contribution is 6.10. The molecular formula is C19H23N3O7. The molecule has 0 spiro atoms. The van der Waals surface area contributed by atoms with Crippen molar-refractivity contribution in [1.82, 2.24) is 9.78 Å². The molecule has 2 aromatic heterocycles. The average Bonchev–Trinajstić information content (AvgIpc) is 3.11. The van der Waals surface area contributed by atoms with Crippen LogP contribution < -0.4 is 5.32 Å². The Hall–Kier alpha value is -3.43. The van der Waals surface area contributed by atoms with E-state index in [-0.39, 0.29) is 35.9 Å². The molecule has 0 radical (unpaired) electrons. The van der Waals surface area contributed by atoms with Gasteiger partial charge in [-0.1, -0.05) is 0 Å². The van der Waals surface area contributed by atoms with Crippen molar-refractivity contribution in [3.8, 4) is 0 Å². The maximum absolute atomic E-state index is 12.2. The van der Waals surface area contributed by atoms with Crippen molar-refractivity contribution in [2.75, 3.05) is 18.5 Å². The van der Waals surface area contributed by atoms with Crippen molar-refractivity contribution in [2.24, 2.45) is 0 Å². The zero-order valence-corrected chi connectivity index (χ0v) is 17.0. The maximum atomic E-state index is 12.2. The van der Waals surface area contributed by atoms with E-state index in [9.17, 15) is 19.2 Å². The molecular weight excluding hydrogens is 382 g/mol. The van der Waals surface area contributed by atoms with E-state index in [0.29, 0.717) is 0 Å². The number of aromatic nitrogens is 2. The summed E-state index contributed by atoms with van der Waals surface area (Å²) < 4.78 is 16.7. The summed E-state index contributed by atoms with van der Waals surface area (Å²) in [6.07, 6.45) is 0. The predicted molar refractivity (Wildman–Crippen MR) is 101 cm³/mol. The van der Waals surface area contributed by atoms with Crippen molar-refractivity contribution >= 4 is 29.5 Å². The minimum atomic E-state index is -0.800. The van der Waals surface area contributed by atoms with Crippen LogP contribution in [0.5, 0.6) is 0 Å². The van der Waals surface area contributed by atoms with Crippen LogP contribution in [-0.4, -0.2) is 46.6 Å². The highest BCUT2D eigenvalue weighted by Crippen LogP contribution is 2.28. The SMILES string of the molecule is CCOC(=O)c1c(NC(=O)COC(=O)Cn2nc(C)cc2C)oc(C)c1C(C)=O. The second-order valence-electron chi connectivity index (χ2n) is 6.31. The molecule has 2 heterocycles. The number of hydrogen-bond donors (Lipinski definition) is 1. The smallest absolute Gasteiger partial charge is 0.344 e. The van der Waals surface area contributed by atoms with Crippen molar-refractivity contribution in [3.63, 3.8) is 0 Å². The number of nitrogens with one attached hydrogen (secondary N) is 1. The minimum absolute atomic E-state index is 0.0280. The highest BCUT2D eigenvalue weighted by Gasteiger charge is 2.28. The quantitative estimate of drug-likeness (QED) is 0.521. The number of hydrogen-bond acceptors (Lipinski definition) is 8. The van der Waals surface area contributed by atoms with Crippen LogP contribution in [0.4, 0.5) is 5.88 Å². The molecule has 0 aliphatic rings. The molecule has 0 saturated carbocycles. The van der Waals surface area contributed by atoms with Gasteiger partial charge in [-0.25, -0.2) is 4.79 Å². The fraction of sp³-hybridized carbons (Fsp3) is 0.421. The van der Waals surface area contributed by atoms with E-state index in [1.807, 2.05) is 6.07 Å². The van der Waals surface area contributed by atoms with E-state index in [1.165, 1.54) is 18.5 Å². The van der Waals surface area contributed by atoms with Gasteiger partial charge in [-0.3, -0.25) is 24.4 Å². The lowest BCUT2D eigenvalue weighted by Gasteiger charge is -2.08. The molecule has 0 unspecified atom stereocenters. The third-order valence-corrected chi connectivity index (χ3v) is 3.92. The van der Waals surface area contributed by atoms with Gasteiger partial charge in [-0.2, -0.15) is 5.10 Å². The molecule has 156 valence electrons. The molecule has 10 nitrogen and oxygen atoms in total. The Bertz CT molecular complexity index is 955. The Morgan fingerprint density at radius 2 is 1.83 bits per heavy atom. The number of esters is 2. The fourth-order valence-electron chi connectivity index (χ4n) is 2.77. The van der Waals surface area contributed by atoms with Gasteiger partial charge in [-0.05, 0) is 40.7 Å².